The van der Waals surface area contributed by atoms with Crippen LogP contribution in [-0.2, 0) is 0 Å². The Morgan fingerprint density at radius 2 is 1.75 bits per heavy atom. The molecule has 0 nitrogen and oxygen atoms in total. The summed E-state index contributed by atoms with van der Waals surface area (Å²) in [6.07, 6.45) is 12.1. The molecule has 0 amide bonds. The molecular formula is C16H23. The van der Waals surface area contributed by atoms with Crippen molar-refractivity contribution < 1.29 is 0 Å². The second-order valence-corrected chi connectivity index (χ2v) is 4.46. The highest BCUT2D eigenvalue weighted by Crippen LogP contribution is 2.13. The van der Waals surface area contributed by atoms with E-state index in [0.29, 0.717) is 0 Å². The van der Waals surface area contributed by atoms with E-state index in [0.717, 1.165) is 6.42 Å². The number of rotatable bonds is 6. The molecule has 0 heterocycles. The Kier molecular flexibility index (Phi) is 5.92. The molecule has 16 heavy (non-hydrogen) atoms. The average Bonchev–Trinajstić information content (AvgIpc) is 2.26. The van der Waals surface area contributed by atoms with Crippen molar-refractivity contribution in [3.8, 4) is 0 Å². The molecule has 0 fully saturated rings. The van der Waals surface area contributed by atoms with Gasteiger partial charge in [-0.1, -0.05) is 50.5 Å². The molecule has 87 valence electrons. The molecule has 0 unspecified atom stereocenters. The standard InChI is InChI=1S/C16H23/c1-4-5-6-7-8-9-13-16-14(2)11-10-12-15(16)3/h9-12H,4-8H2,1-3H3. The SMILES string of the molecule is CCCCCC/C=[C]\c1c(C)cccc1C. The highest BCUT2D eigenvalue weighted by Gasteiger charge is 1.97. The van der Waals surface area contributed by atoms with Gasteiger partial charge >= 0.3 is 0 Å². The van der Waals surface area contributed by atoms with Crippen molar-refractivity contribution in [2.45, 2.75) is 52.9 Å². The third-order valence-corrected chi connectivity index (χ3v) is 2.93. The molecule has 1 aromatic carbocycles. The third kappa shape index (κ3) is 4.22. The minimum Gasteiger partial charge on any atom is -0.0760 e. The van der Waals surface area contributed by atoms with E-state index in [2.05, 4.69) is 51.1 Å². The smallest absolute Gasteiger partial charge is 0.0123 e. The lowest BCUT2D eigenvalue weighted by Crippen LogP contribution is -1.86. The zero-order chi connectivity index (χ0) is 11.8. The highest BCUT2D eigenvalue weighted by atomic mass is 14.0. The molecule has 1 aromatic rings. The lowest BCUT2D eigenvalue weighted by Gasteiger charge is -2.03. The van der Waals surface area contributed by atoms with E-state index in [-0.39, 0.29) is 0 Å². The summed E-state index contributed by atoms with van der Waals surface area (Å²) in [6.45, 7) is 6.55. The molecule has 0 N–H and O–H groups in total. The van der Waals surface area contributed by atoms with E-state index in [1.54, 1.807) is 0 Å². The van der Waals surface area contributed by atoms with E-state index < -0.39 is 0 Å². The lowest BCUT2D eigenvalue weighted by atomic mass is 10.0. The summed E-state index contributed by atoms with van der Waals surface area (Å²) in [4.78, 5) is 0. The number of hydrogen-bond acceptors (Lipinski definition) is 0. The summed E-state index contributed by atoms with van der Waals surface area (Å²) >= 11 is 0. The van der Waals surface area contributed by atoms with Gasteiger partial charge in [-0.05, 0) is 49.5 Å². The van der Waals surface area contributed by atoms with Crippen LogP contribution in [0.25, 0.3) is 0 Å². The van der Waals surface area contributed by atoms with Crippen LogP contribution in [0.3, 0.4) is 0 Å². The molecular weight excluding hydrogens is 192 g/mol. The van der Waals surface area contributed by atoms with Gasteiger partial charge in [0, 0.05) is 0 Å². The summed E-state index contributed by atoms with van der Waals surface area (Å²) < 4.78 is 0. The van der Waals surface area contributed by atoms with Crippen LogP contribution in [0.4, 0.5) is 0 Å². The molecule has 0 heteroatoms. The molecule has 0 aromatic heterocycles. The molecule has 0 aliphatic carbocycles. The van der Waals surface area contributed by atoms with Gasteiger partial charge in [0.05, 0.1) is 0 Å². The van der Waals surface area contributed by atoms with Gasteiger partial charge < -0.3 is 0 Å². The molecule has 1 radical (unpaired) electrons. The lowest BCUT2D eigenvalue weighted by molar-refractivity contribution is 0.674. The normalized spacial score (nSPS) is 11.2. The van der Waals surface area contributed by atoms with E-state index in [4.69, 9.17) is 0 Å². The molecule has 0 saturated heterocycles. The van der Waals surface area contributed by atoms with Crippen LogP contribution in [0, 0.1) is 19.9 Å². The zero-order valence-electron chi connectivity index (χ0n) is 10.8. The summed E-state index contributed by atoms with van der Waals surface area (Å²) in [5, 5.41) is 0. The first-order valence-electron chi connectivity index (χ1n) is 6.40. The summed E-state index contributed by atoms with van der Waals surface area (Å²) in [5.41, 5.74) is 3.92. The van der Waals surface area contributed by atoms with Crippen molar-refractivity contribution in [3.63, 3.8) is 0 Å². The Balaban J connectivity index is 2.44. The van der Waals surface area contributed by atoms with Crippen LogP contribution in [0.15, 0.2) is 24.3 Å². The van der Waals surface area contributed by atoms with Crippen molar-refractivity contribution in [1.82, 2.24) is 0 Å². The molecule has 0 saturated carbocycles. The van der Waals surface area contributed by atoms with Crippen molar-refractivity contribution in [1.29, 1.82) is 0 Å². The van der Waals surface area contributed by atoms with E-state index >= 15 is 0 Å². The zero-order valence-corrected chi connectivity index (χ0v) is 10.8. The van der Waals surface area contributed by atoms with Gasteiger partial charge in [0.1, 0.15) is 0 Å². The highest BCUT2D eigenvalue weighted by molar-refractivity contribution is 5.38. The predicted molar refractivity (Wildman–Crippen MR) is 71.6 cm³/mol. The Bertz CT molecular complexity index is 314. The van der Waals surface area contributed by atoms with Crippen molar-refractivity contribution in [3.05, 3.63) is 47.0 Å². The van der Waals surface area contributed by atoms with Crippen LogP contribution < -0.4 is 0 Å². The maximum Gasteiger partial charge on any atom is -0.0123 e. The van der Waals surface area contributed by atoms with Gasteiger partial charge in [0.15, 0.2) is 0 Å². The van der Waals surface area contributed by atoms with Crippen LogP contribution in [0.2, 0.25) is 0 Å². The Morgan fingerprint density at radius 1 is 1.06 bits per heavy atom. The molecule has 0 aliphatic heterocycles. The topological polar surface area (TPSA) is 0 Å². The molecule has 0 bridgehead atoms. The first kappa shape index (κ1) is 13.0. The number of allylic oxidation sites excluding steroid dienone is 1. The van der Waals surface area contributed by atoms with Gasteiger partial charge in [0.25, 0.3) is 0 Å². The molecule has 0 spiro atoms. The molecule has 1 rings (SSSR count). The molecule has 0 atom stereocenters. The number of unbranched alkanes of at least 4 members (excludes halogenated alkanes) is 4. The van der Waals surface area contributed by atoms with Crippen LogP contribution in [0.1, 0.15) is 55.7 Å². The fraction of sp³-hybridized carbons (Fsp3) is 0.500. The predicted octanol–water partition coefficient (Wildman–Crippen LogP) is 4.98. The summed E-state index contributed by atoms with van der Waals surface area (Å²) in [6, 6.07) is 6.41. The maximum absolute atomic E-state index is 3.43. The van der Waals surface area contributed by atoms with Crippen molar-refractivity contribution in [2.75, 3.05) is 0 Å². The summed E-state index contributed by atoms with van der Waals surface area (Å²) in [7, 11) is 0. The monoisotopic (exact) mass is 215 g/mol. The van der Waals surface area contributed by atoms with Gasteiger partial charge in [-0.15, -0.1) is 0 Å². The van der Waals surface area contributed by atoms with Gasteiger partial charge in [-0.25, -0.2) is 0 Å². The fourth-order valence-electron chi connectivity index (χ4n) is 1.89. The largest absolute Gasteiger partial charge is 0.0760 e. The van der Waals surface area contributed by atoms with Gasteiger partial charge in [-0.2, -0.15) is 0 Å². The fourth-order valence-corrected chi connectivity index (χ4v) is 1.89. The second-order valence-electron chi connectivity index (χ2n) is 4.46. The minimum atomic E-state index is 1.16. The molecule has 0 aliphatic rings. The Morgan fingerprint density at radius 3 is 2.38 bits per heavy atom. The number of benzene rings is 1. The number of hydrogen-bond donors (Lipinski definition) is 0. The van der Waals surface area contributed by atoms with Crippen LogP contribution >= 0.6 is 0 Å². The quantitative estimate of drug-likeness (QED) is 0.587. The van der Waals surface area contributed by atoms with Crippen LogP contribution in [0.5, 0.6) is 0 Å². The Hall–Kier alpha value is -1.04. The van der Waals surface area contributed by atoms with Crippen molar-refractivity contribution >= 4 is 0 Å². The first-order valence-corrected chi connectivity index (χ1v) is 6.40. The van der Waals surface area contributed by atoms with E-state index in [1.807, 2.05) is 0 Å². The third-order valence-electron chi connectivity index (χ3n) is 2.93. The van der Waals surface area contributed by atoms with E-state index in [1.165, 1.54) is 42.4 Å². The summed E-state index contributed by atoms with van der Waals surface area (Å²) in [5.74, 6) is 0. The number of aryl methyl sites for hydroxylation is 2. The second kappa shape index (κ2) is 7.27. The maximum atomic E-state index is 3.43. The van der Waals surface area contributed by atoms with Gasteiger partial charge in [-0.3, -0.25) is 0 Å². The first-order chi connectivity index (χ1) is 7.75. The van der Waals surface area contributed by atoms with Crippen molar-refractivity contribution in [2.24, 2.45) is 0 Å². The van der Waals surface area contributed by atoms with Crippen LogP contribution in [-0.4, -0.2) is 0 Å². The van der Waals surface area contributed by atoms with Gasteiger partial charge in [0.2, 0.25) is 0 Å². The average molecular weight is 215 g/mol. The Labute approximate surface area is 100 Å². The van der Waals surface area contributed by atoms with E-state index in [9.17, 15) is 0 Å². The minimum absolute atomic E-state index is 1.16.